The SMILES string of the molecule is CC(CC(=O)NCC1CCSCC1)c1ccc(N)cc1. The molecule has 4 heteroatoms. The fourth-order valence-electron chi connectivity index (χ4n) is 2.50. The molecule has 0 spiro atoms. The van der Waals surface area contributed by atoms with Gasteiger partial charge in [0, 0.05) is 18.7 Å². The first-order valence-electron chi connectivity index (χ1n) is 7.35. The van der Waals surface area contributed by atoms with E-state index in [1.54, 1.807) is 0 Å². The van der Waals surface area contributed by atoms with E-state index in [9.17, 15) is 4.79 Å². The van der Waals surface area contributed by atoms with Crippen molar-refractivity contribution in [2.24, 2.45) is 5.92 Å². The first-order chi connectivity index (χ1) is 9.65. The van der Waals surface area contributed by atoms with Crippen LogP contribution in [0.15, 0.2) is 24.3 Å². The maximum absolute atomic E-state index is 12.0. The molecule has 1 aromatic carbocycles. The van der Waals surface area contributed by atoms with Gasteiger partial charge in [-0.25, -0.2) is 0 Å². The van der Waals surface area contributed by atoms with Gasteiger partial charge in [0.1, 0.15) is 0 Å². The Balaban J connectivity index is 1.74. The summed E-state index contributed by atoms with van der Waals surface area (Å²) in [5, 5.41) is 3.09. The van der Waals surface area contributed by atoms with E-state index < -0.39 is 0 Å². The number of anilines is 1. The molecule has 0 radical (unpaired) electrons. The molecule has 0 aliphatic carbocycles. The van der Waals surface area contributed by atoms with Crippen molar-refractivity contribution in [2.75, 3.05) is 23.8 Å². The van der Waals surface area contributed by atoms with E-state index in [-0.39, 0.29) is 11.8 Å². The molecule has 2 rings (SSSR count). The van der Waals surface area contributed by atoms with Crippen molar-refractivity contribution in [3.05, 3.63) is 29.8 Å². The number of carbonyl (C=O) groups is 1. The first kappa shape index (κ1) is 15.2. The Morgan fingerprint density at radius 3 is 2.65 bits per heavy atom. The molecule has 0 bridgehead atoms. The molecular weight excluding hydrogens is 268 g/mol. The number of nitrogens with one attached hydrogen (secondary N) is 1. The Kier molecular flexibility index (Phi) is 5.77. The number of hydrogen-bond donors (Lipinski definition) is 2. The predicted octanol–water partition coefficient (Wildman–Crippen LogP) is 3.02. The Bertz CT molecular complexity index is 427. The summed E-state index contributed by atoms with van der Waals surface area (Å²) in [4.78, 5) is 12.0. The molecule has 1 aliphatic heterocycles. The van der Waals surface area contributed by atoms with Crippen molar-refractivity contribution in [3.63, 3.8) is 0 Å². The highest BCUT2D eigenvalue weighted by Crippen LogP contribution is 2.23. The molecule has 1 atom stereocenters. The third-order valence-corrected chi connectivity index (χ3v) is 4.97. The molecular formula is C16H24N2OS. The van der Waals surface area contributed by atoms with E-state index in [1.807, 2.05) is 36.0 Å². The minimum absolute atomic E-state index is 0.160. The van der Waals surface area contributed by atoms with Crippen LogP contribution in [0.3, 0.4) is 0 Å². The van der Waals surface area contributed by atoms with Gasteiger partial charge < -0.3 is 11.1 Å². The average molecular weight is 292 g/mol. The van der Waals surface area contributed by atoms with Crippen LogP contribution in [-0.2, 0) is 4.79 Å². The van der Waals surface area contributed by atoms with Crippen LogP contribution in [0.1, 0.15) is 37.7 Å². The van der Waals surface area contributed by atoms with Gasteiger partial charge in [-0.3, -0.25) is 4.79 Å². The van der Waals surface area contributed by atoms with Gasteiger partial charge in [0.2, 0.25) is 5.91 Å². The molecule has 1 unspecified atom stereocenters. The monoisotopic (exact) mass is 292 g/mol. The van der Waals surface area contributed by atoms with E-state index in [0.717, 1.165) is 12.2 Å². The van der Waals surface area contributed by atoms with Crippen LogP contribution in [0.2, 0.25) is 0 Å². The standard InChI is InChI=1S/C16H24N2OS/c1-12(14-2-4-15(17)5-3-14)10-16(19)18-11-13-6-8-20-9-7-13/h2-5,12-13H,6-11,17H2,1H3,(H,18,19). The summed E-state index contributed by atoms with van der Waals surface area (Å²) in [5.41, 5.74) is 7.61. The quantitative estimate of drug-likeness (QED) is 0.820. The smallest absolute Gasteiger partial charge is 0.220 e. The van der Waals surface area contributed by atoms with E-state index in [1.165, 1.54) is 29.9 Å². The van der Waals surface area contributed by atoms with Gasteiger partial charge in [0.15, 0.2) is 0 Å². The lowest BCUT2D eigenvalue weighted by Crippen LogP contribution is -2.31. The highest BCUT2D eigenvalue weighted by molar-refractivity contribution is 7.99. The van der Waals surface area contributed by atoms with E-state index in [0.29, 0.717) is 12.3 Å². The maximum Gasteiger partial charge on any atom is 0.220 e. The number of nitrogen functional groups attached to an aromatic ring is 1. The second-order valence-electron chi connectivity index (χ2n) is 5.63. The number of rotatable bonds is 5. The predicted molar refractivity (Wildman–Crippen MR) is 86.9 cm³/mol. The Morgan fingerprint density at radius 1 is 1.35 bits per heavy atom. The highest BCUT2D eigenvalue weighted by Gasteiger charge is 2.16. The molecule has 1 amide bonds. The summed E-state index contributed by atoms with van der Waals surface area (Å²) < 4.78 is 0. The van der Waals surface area contributed by atoms with Gasteiger partial charge in [0.05, 0.1) is 0 Å². The first-order valence-corrected chi connectivity index (χ1v) is 8.50. The number of thioether (sulfide) groups is 1. The molecule has 3 nitrogen and oxygen atoms in total. The minimum atomic E-state index is 0.160. The summed E-state index contributed by atoms with van der Waals surface area (Å²) in [6, 6.07) is 7.80. The lowest BCUT2D eigenvalue weighted by Gasteiger charge is -2.22. The van der Waals surface area contributed by atoms with Crippen molar-refractivity contribution in [3.8, 4) is 0 Å². The Morgan fingerprint density at radius 2 is 2.00 bits per heavy atom. The maximum atomic E-state index is 12.0. The van der Waals surface area contributed by atoms with Crippen molar-refractivity contribution in [2.45, 2.75) is 32.1 Å². The van der Waals surface area contributed by atoms with Crippen molar-refractivity contribution in [1.82, 2.24) is 5.32 Å². The summed E-state index contributed by atoms with van der Waals surface area (Å²) in [6.07, 6.45) is 3.02. The van der Waals surface area contributed by atoms with Crippen molar-refractivity contribution in [1.29, 1.82) is 0 Å². The average Bonchev–Trinajstić information content (AvgIpc) is 2.47. The Hall–Kier alpha value is -1.16. The molecule has 20 heavy (non-hydrogen) atoms. The molecule has 1 aromatic rings. The fourth-order valence-corrected chi connectivity index (χ4v) is 3.71. The second-order valence-corrected chi connectivity index (χ2v) is 6.86. The van der Waals surface area contributed by atoms with Crippen molar-refractivity contribution < 1.29 is 4.79 Å². The summed E-state index contributed by atoms with van der Waals surface area (Å²) in [6.45, 7) is 2.93. The molecule has 1 fully saturated rings. The second kappa shape index (κ2) is 7.58. The molecule has 1 saturated heterocycles. The zero-order valence-corrected chi connectivity index (χ0v) is 12.9. The van der Waals surface area contributed by atoms with Crippen LogP contribution >= 0.6 is 11.8 Å². The van der Waals surface area contributed by atoms with Gasteiger partial charge in [-0.2, -0.15) is 11.8 Å². The summed E-state index contributed by atoms with van der Waals surface area (Å²) in [7, 11) is 0. The number of amides is 1. The molecule has 0 aromatic heterocycles. The Labute approximate surface area is 125 Å². The molecule has 1 aliphatic rings. The molecule has 3 N–H and O–H groups in total. The molecule has 0 saturated carbocycles. The lowest BCUT2D eigenvalue weighted by molar-refractivity contribution is -0.121. The van der Waals surface area contributed by atoms with Crippen LogP contribution in [0.4, 0.5) is 5.69 Å². The van der Waals surface area contributed by atoms with Gasteiger partial charge in [-0.1, -0.05) is 19.1 Å². The van der Waals surface area contributed by atoms with Crippen LogP contribution < -0.4 is 11.1 Å². The number of benzene rings is 1. The number of carbonyl (C=O) groups excluding carboxylic acids is 1. The number of hydrogen-bond acceptors (Lipinski definition) is 3. The third kappa shape index (κ3) is 4.75. The zero-order valence-electron chi connectivity index (χ0n) is 12.1. The topological polar surface area (TPSA) is 55.1 Å². The summed E-state index contributed by atoms with van der Waals surface area (Å²) >= 11 is 2.02. The number of nitrogens with two attached hydrogens (primary N) is 1. The molecule has 1 heterocycles. The van der Waals surface area contributed by atoms with Crippen LogP contribution in [0, 0.1) is 5.92 Å². The van der Waals surface area contributed by atoms with Gasteiger partial charge in [-0.05, 0) is 53.9 Å². The zero-order chi connectivity index (χ0) is 14.4. The normalized spacial score (nSPS) is 17.6. The van der Waals surface area contributed by atoms with E-state index in [4.69, 9.17) is 5.73 Å². The van der Waals surface area contributed by atoms with Crippen molar-refractivity contribution >= 4 is 23.4 Å². The van der Waals surface area contributed by atoms with E-state index >= 15 is 0 Å². The van der Waals surface area contributed by atoms with Crippen LogP contribution in [0.5, 0.6) is 0 Å². The largest absolute Gasteiger partial charge is 0.399 e. The minimum Gasteiger partial charge on any atom is -0.399 e. The third-order valence-electron chi connectivity index (χ3n) is 3.93. The lowest BCUT2D eigenvalue weighted by atomic mass is 9.97. The summed E-state index contributed by atoms with van der Waals surface area (Å²) in [5.74, 6) is 3.54. The van der Waals surface area contributed by atoms with Crippen LogP contribution in [0.25, 0.3) is 0 Å². The molecule has 110 valence electrons. The van der Waals surface area contributed by atoms with Gasteiger partial charge >= 0.3 is 0 Å². The fraction of sp³-hybridized carbons (Fsp3) is 0.562. The van der Waals surface area contributed by atoms with Crippen LogP contribution in [-0.4, -0.2) is 24.0 Å². The highest BCUT2D eigenvalue weighted by atomic mass is 32.2. The van der Waals surface area contributed by atoms with Gasteiger partial charge in [-0.15, -0.1) is 0 Å². The van der Waals surface area contributed by atoms with E-state index in [2.05, 4.69) is 12.2 Å². The van der Waals surface area contributed by atoms with Gasteiger partial charge in [0.25, 0.3) is 0 Å².